The Kier molecular flexibility index (Phi) is 4.60. The second-order valence-electron chi connectivity index (χ2n) is 4.02. The van der Waals surface area contributed by atoms with Gasteiger partial charge >= 0.3 is 0 Å². The Balaban J connectivity index is 2.34. The fraction of sp³-hybridized carbons (Fsp3) is 0.231. The van der Waals surface area contributed by atoms with Crippen molar-refractivity contribution in [3.8, 4) is 5.75 Å². The van der Waals surface area contributed by atoms with Crippen molar-refractivity contribution >= 4 is 28.9 Å². The molecule has 0 saturated heterocycles. The van der Waals surface area contributed by atoms with Crippen LogP contribution in [0.2, 0.25) is 5.02 Å². The molecule has 1 aromatic carbocycles. The molecule has 106 valence electrons. The summed E-state index contributed by atoms with van der Waals surface area (Å²) in [6.45, 7) is 2.01. The molecular weight excluding hydrogens is 278 g/mol. The van der Waals surface area contributed by atoms with E-state index in [1.807, 2.05) is 13.0 Å². The van der Waals surface area contributed by atoms with Gasteiger partial charge in [-0.25, -0.2) is 15.8 Å². The number of nitrogens with zero attached hydrogens (tertiary/aromatic N) is 2. The lowest BCUT2D eigenvalue weighted by Gasteiger charge is -2.13. The fourth-order valence-corrected chi connectivity index (χ4v) is 2.05. The average molecular weight is 294 g/mol. The number of ether oxygens (including phenoxy) is 1. The van der Waals surface area contributed by atoms with E-state index in [0.29, 0.717) is 22.4 Å². The molecule has 0 fully saturated rings. The van der Waals surface area contributed by atoms with Gasteiger partial charge in [-0.2, -0.15) is 0 Å². The number of nitrogen functional groups attached to an aromatic ring is 1. The van der Waals surface area contributed by atoms with Gasteiger partial charge in [-0.05, 0) is 18.6 Å². The molecule has 1 heterocycles. The van der Waals surface area contributed by atoms with Crippen molar-refractivity contribution in [1.82, 2.24) is 9.97 Å². The van der Waals surface area contributed by atoms with Gasteiger partial charge in [0.2, 0.25) is 0 Å². The molecule has 1 aromatic heterocycles. The number of hydrogen-bond acceptors (Lipinski definition) is 6. The number of hydrogen-bond donors (Lipinski definition) is 3. The number of methoxy groups -OCH3 is 1. The molecule has 0 aliphatic rings. The second kappa shape index (κ2) is 6.40. The number of nitrogens with two attached hydrogens (primary N) is 1. The summed E-state index contributed by atoms with van der Waals surface area (Å²) in [5.41, 5.74) is 4.30. The van der Waals surface area contributed by atoms with Crippen LogP contribution < -0.4 is 21.3 Å². The lowest BCUT2D eigenvalue weighted by molar-refractivity contribution is 0.415. The third-order valence-corrected chi connectivity index (χ3v) is 3.16. The summed E-state index contributed by atoms with van der Waals surface area (Å²) in [6.07, 6.45) is 2.19. The van der Waals surface area contributed by atoms with Crippen LogP contribution >= 0.6 is 11.6 Å². The first-order valence-corrected chi connectivity index (χ1v) is 6.48. The van der Waals surface area contributed by atoms with Gasteiger partial charge < -0.3 is 15.5 Å². The van der Waals surface area contributed by atoms with Crippen LogP contribution in [0.25, 0.3) is 0 Å². The maximum atomic E-state index is 6.00. The Hall–Kier alpha value is -2.05. The summed E-state index contributed by atoms with van der Waals surface area (Å²) >= 11 is 6.00. The molecule has 0 spiro atoms. The zero-order valence-corrected chi connectivity index (χ0v) is 12.0. The van der Waals surface area contributed by atoms with Crippen LogP contribution in [0.1, 0.15) is 12.5 Å². The quantitative estimate of drug-likeness (QED) is 0.580. The molecule has 4 N–H and O–H groups in total. The van der Waals surface area contributed by atoms with Gasteiger partial charge in [0, 0.05) is 17.3 Å². The molecule has 6 nitrogen and oxygen atoms in total. The smallest absolute Gasteiger partial charge is 0.148 e. The van der Waals surface area contributed by atoms with Crippen molar-refractivity contribution in [3.63, 3.8) is 0 Å². The van der Waals surface area contributed by atoms with E-state index < -0.39 is 0 Å². The van der Waals surface area contributed by atoms with Gasteiger partial charge in [0.1, 0.15) is 23.7 Å². The van der Waals surface area contributed by atoms with Crippen LogP contribution in [-0.4, -0.2) is 17.1 Å². The average Bonchev–Trinajstić information content (AvgIpc) is 2.48. The largest absolute Gasteiger partial charge is 0.495 e. The minimum atomic E-state index is 0.556. The molecule has 0 atom stereocenters. The van der Waals surface area contributed by atoms with Crippen molar-refractivity contribution in [2.24, 2.45) is 5.84 Å². The predicted octanol–water partition coefficient (Wildman–Crippen LogP) is 2.73. The minimum absolute atomic E-state index is 0.556. The first-order valence-electron chi connectivity index (χ1n) is 6.10. The van der Waals surface area contributed by atoms with Crippen LogP contribution in [0, 0.1) is 0 Å². The topological polar surface area (TPSA) is 85.1 Å². The fourth-order valence-electron chi connectivity index (χ4n) is 1.85. The molecule has 20 heavy (non-hydrogen) atoms. The van der Waals surface area contributed by atoms with Gasteiger partial charge in [0.15, 0.2) is 0 Å². The molecule has 0 aliphatic carbocycles. The van der Waals surface area contributed by atoms with Crippen molar-refractivity contribution in [3.05, 3.63) is 35.1 Å². The van der Waals surface area contributed by atoms with E-state index in [1.165, 1.54) is 6.33 Å². The molecule has 0 bridgehead atoms. The second-order valence-corrected chi connectivity index (χ2v) is 4.43. The van der Waals surface area contributed by atoms with Gasteiger partial charge in [-0.1, -0.05) is 18.5 Å². The molecule has 0 aliphatic heterocycles. The van der Waals surface area contributed by atoms with E-state index in [-0.39, 0.29) is 0 Å². The first kappa shape index (κ1) is 14.4. The molecule has 0 saturated carbocycles. The molecule has 0 amide bonds. The van der Waals surface area contributed by atoms with Crippen LogP contribution in [0.4, 0.5) is 17.3 Å². The highest BCUT2D eigenvalue weighted by Crippen LogP contribution is 2.30. The van der Waals surface area contributed by atoms with Gasteiger partial charge in [0.25, 0.3) is 0 Å². The minimum Gasteiger partial charge on any atom is -0.495 e. The summed E-state index contributed by atoms with van der Waals surface area (Å²) in [5.74, 6) is 7.34. The number of nitrogens with one attached hydrogen (secondary N) is 2. The zero-order chi connectivity index (χ0) is 14.5. The Morgan fingerprint density at radius 3 is 2.70 bits per heavy atom. The van der Waals surface area contributed by atoms with Crippen molar-refractivity contribution < 1.29 is 4.74 Å². The Bertz CT molecular complexity index is 605. The predicted molar refractivity (Wildman–Crippen MR) is 80.5 cm³/mol. The molecule has 2 aromatic rings. The summed E-state index contributed by atoms with van der Waals surface area (Å²) in [5, 5.41) is 3.77. The monoisotopic (exact) mass is 293 g/mol. The molecule has 0 radical (unpaired) electrons. The maximum absolute atomic E-state index is 6.00. The number of anilines is 3. The van der Waals surface area contributed by atoms with E-state index >= 15 is 0 Å². The summed E-state index contributed by atoms with van der Waals surface area (Å²) in [7, 11) is 1.57. The number of halogens is 1. The third kappa shape index (κ3) is 2.92. The van der Waals surface area contributed by atoms with Crippen LogP contribution in [0.15, 0.2) is 24.5 Å². The van der Waals surface area contributed by atoms with E-state index in [0.717, 1.165) is 17.7 Å². The lowest BCUT2D eigenvalue weighted by atomic mass is 10.2. The van der Waals surface area contributed by atoms with Gasteiger partial charge in [0.05, 0.1) is 12.1 Å². The van der Waals surface area contributed by atoms with Crippen LogP contribution in [0.5, 0.6) is 5.75 Å². The van der Waals surface area contributed by atoms with E-state index in [9.17, 15) is 0 Å². The number of benzene rings is 1. The zero-order valence-electron chi connectivity index (χ0n) is 11.3. The number of aromatic nitrogens is 2. The van der Waals surface area contributed by atoms with Crippen LogP contribution in [0.3, 0.4) is 0 Å². The third-order valence-electron chi connectivity index (χ3n) is 2.85. The van der Waals surface area contributed by atoms with Gasteiger partial charge in [-0.15, -0.1) is 0 Å². The normalized spacial score (nSPS) is 10.2. The Labute approximate surface area is 122 Å². The highest BCUT2D eigenvalue weighted by Gasteiger charge is 2.10. The summed E-state index contributed by atoms with van der Waals surface area (Å²) < 4.78 is 5.19. The number of rotatable bonds is 5. The highest BCUT2D eigenvalue weighted by molar-refractivity contribution is 6.32. The van der Waals surface area contributed by atoms with E-state index in [1.54, 1.807) is 19.2 Å². The van der Waals surface area contributed by atoms with Crippen molar-refractivity contribution in [1.29, 1.82) is 0 Å². The lowest BCUT2D eigenvalue weighted by Crippen LogP contribution is -2.13. The van der Waals surface area contributed by atoms with E-state index in [4.69, 9.17) is 22.2 Å². The maximum Gasteiger partial charge on any atom is 0.148 e. The van der Waals surface area contributed by atoms with E-state index in [2.05, 4.69) is 20.7 Å². The Morgan fingerprint density at radius 2 is 2.05 bits per heavy atom. The SMILES string of the molecule is CCc1c(NN)ncnc1Nc1ccc(Cl)c(OC)c1. The molecule has 0 unspecified atom stereocenters. The summed E-state index contributed by atoms with van der Waals surface area (Å²) in [6, 6.07) is 5.42. The summed E-state index contributed by atoms with van der Waals surface area (Å²) in [4.78, 5) is 8.32. The first-order chi connectivity index (χ1) is 9.69. The molecule has 7 heteroatoms. The van der Waals surface area contributed by atoms with Gasteiger partial charge in [-0.3, -0.25) is 0 Å². The molecular formula is C13H16ClN5O. The van der Waals surface area contributed by atoms with Crippen molar-refractivity contribution in [2.75, 3.05) is 17.9 Å². The molecule has 2 rings (SSSR count). The van der Waals surface area contributed by atoms with Crippen LogP contribution in [-0.2, 0) is 6.42 Å². The highest BCUT2D eigenvalue weighted by atomic mass is 35.5. The number of hydrazine groups is 1. The standard InChI is InChI=1S/C13H16ClN5O/c1-3-9-12(16-7-17-13(9)19-15)18-8-4-5-10(14)11(6-8)20-2/h4-7H,3,15H2,1-2H3,(H2,16,17,18,19). The van der Waals surface area contributed by atoms with Crippen molar-refractivity contribution in [2.45, 2.75) is 13.3 Å². The Morgan fingerprint density at radius 1 is 1.30 bits per heavy atom.